The lowest BCUT2D eigenvalue weighted by molar-refractivity contribution is -0.00539. The van der Waals surface area contributed by atoms with Gasteiger partial charge in [0, 0.05) is 19.6 Å². The van der Waals surface area contributed by atoms with Gasteiger partial charge in [0.15, 0.2) is 0 Å². The molecule has 0 spiro atoms. The fraction of sp³-hybridized carbons (Fsp3) is 0.500. The van der Waals surface area contributed by atoms with Gasteiger partial charge in [0.25, 0.3) is 5.91 Å². The van der Waals surface area contributed by atoms with Gasteiger partial charge in [0.05, 0.1) is 23.6 Å². The fourth-order valence-corrected chi connectivity index (χ4v) is 3.51. The van der Waals surface area contributed by atoms with Crippen molar-refractivity contribution in [1.29, 1.82) is 0 Å². The van der Waals surface area contributed by atoms with E-state index < -0.39 is 0 Å². The van der Waals surface area contributed by atoms with Gasteiger partial charge in [-0.15, -0.1) is 0 Å². The minimum atomic E-state index is -0.293. The Morgan fingerprint density at radius 2 is 2.04 bits per heavy atom. The van der Waals surface area contributed by atoms with Gasteiger partial charge < -0.3 is 19.5 Å². The SMILES string of the molecule is CCc1noc(C)c1C(=O)NCc1ccc(N2C[C@@H](C)O[C@@H](C)C2)c(F)c1. The van der Waals surface area contributed by atoms with Gasteiger partial charge in [0.2, 0.25) is 0 Å². The van der Waals surface area contributed by atoms with Crippen LogP contribution < -0.4 is 10.2 Å². The summed E-state index contributed by atoms with van der Waals surface area (Å²) < 4.78 is 25.4. The van der Waals surface area contributed by atoms with Crippen molar-refractivity contribution < 1.29 is 18.4 Å². The largest absolute Gasteiger partial charge is 0.372 e. The highest BCUT2D eigenvalue weighted by molar-refractivity contribution is 5.96. The predicted octanol–water partition coefficient (Wildman–Crippen LogP) is 3.23. The molecular weight excluding hydrogens is 349 g/mol. The van der Waals surface area contributed by atoms with Gasteiger partial charge >= 0.3 is 0 Å². The summed E-state index contributed by atoms with van der Waals surface area (Å²) >= 11 is 0. The second-order valence-electron chi connectivity index (χ2n) is 7.04. The molecule has 0 radical (unpaired) electrons. The van der Waals surface area contributed by atoms with Crippen LogP contribution in [0.5, 0.6) is 0 Å². The van der Waals surface area contributed by atoms with E-state index >= 15 is 0 Å². The molecule has 1 aliphatic heterocycles. The molecule has 146 valence electrons. The van der Waals surface area contributed by atoms with E-state index in [1.165, 1.54) is 6.07 Å². The normalized spacial score (nSPS) is 20.0. The van der Waals surface area contributed by atoms with Crippen LogP contribution in [0.1, 0.15) is 48.1 Å². The van der Waals surface area contributed by atoms with Crippen molar-refractivity contribution in [3.05, 3.63) is 46.6 Å². The van der Waals surface area contributed by atoms with Gasteiger partial charge in [-0.2, -0.15) is 0 Å². The fourth-order valence-electron chi connectivity index (χ4n) is 3.51. The molecule has 1 aliphatic rings. The van der Waals surface area contributed by atoms with Crippen molar-refractivity contribution >= 4 is 11.6 Å². The Balaban J connectivity index is 1.67. The summed E-state index contributed by atoms with van der Waals surface area (Å²) in [6.07, 6.45) is 0.734. The highest BCUT2D eigenvalue weighted by Crippen LogP contribution is 2.24. The number of ether oxygens (including phenoxy) is 1. The number of amides is 1. The Hall–Kier alpha value is -2.41. The van der Waals surface area contributed by atoms with E-state index in [1.807, 2.05) is 31.7 Å². The number of anilines is 1. The van der Waals surface area contributed by atoms with E-state index in [0.29, 0.717) is 47.8 Å². The van der Waals surface area contributed by atoms with Crippen molar-refractivity contribution in [2.24, 2.45) is 0 Å². The number of aromatic nitrogens is 1. The number of benzene rings is 1. The second-order valence-corrected chi connectivity index (χ2v) is 7.04. The number of carbonyl (C=O) groups excluding carboxylic acids is 1. The van der Waals surface area contributed by atoms with E-state index in [-0.39, 0.29) is 30.5 Å². The molecule has 1 aromatic carbocycles. The summed E-state index contributed by atoms with van der Waals surface area (Å²) in [7, 11) is 0. The third-order valence-corrected chi connectivity index (χ3v) is 4.72. The van der Waals surface area contributed by atoms with Crippen molar-refractivity contribution in [3.8, 4) is 0 Å². The number of morpholine rings is 1. The number of carbonyl (C=O) groups is 1. The average molecular weight is 375 g/mol. The van der Waals surface area contributed by atoms with Crippen LogP contribution in [-0.4, -0.2) is 36.4 Å². The topological polar surface area (TPSA) is 67.6 Å². The molecule has 2 heterocycles. The first-order chi connectivity index (χ1) is 12.9. The highest BCUT2D eigenvalue weighted by atomic mass is 19.1. The van der Waals surface area contributed by atoms with Gasteiger partial charge in [-0.25, -0.2) is 4.39 Å². The molecule has 1 fully saturated rings. The monoisotopic (exact) mass is 375 g/mol. The van der Waals surface area contributed by atoms with Crippen molar-refractivity contribution in [3.63, 3.8) is 0 Å². The molecular formula is C20H26FN3O3. The van der Waals surface area contributed by atoms with Crippen molar-refractivity contribution in [2.75, 3.05) is 18.0 Å². The van der Waals surface area contributed by atoms with Crippen molar-refractivity contribution in [1.82, 2.24) is 10.5 Å². The van der Waals surface area contributed by atoms with Crippen LogP contribution in [0.15, 0.2) is 22.7 Å². The van der Waals surface area contributed by atoms with Crippen LogP contribution in [0.4, 0.5) is 10.1 Å². The second kappa shape index (κ2) is 8.08. The minimum absolute atomic E-state index is 0.0617. The first-order valence-electron chi connectivity index (χ1n) is 9.31. The predicted molar refractivity (Wildman–Crippen MR) is 100 cm³/mol. The summed E-state index contributed by atoms with van der Waals surface area (Å²) in [5.41, 5.74) is 2.36. The lowest BCUT2D eigenvalue weighted by Crippen LogP contribution is -2.45. The third kappa shape index (κ3) is 4.30. The molecule has 2 atom stereocenters. The molecule has 2 aromatic rings. The number of aryl methyl sites for hydroxylation is 2. The van der Waals surface area contributed by atoms with E-state index in [9.17, 15) is 9.18 Å². The summed E-state index contributed by atoms with van der Waals surface area (Å²) in [5, 5.41) is 6.71. The summed E-state index contributed by atoms with van der Waals surface area (Å²) in [6.45, 7) is 9.15. The zero-order valence-corrected chi connectivity index (χ0v) is 16.2. The first kappa shape index (κ1) is 19.4. The van der Waals surface area contributed by atoms with Crippen LogP contribution in [0.25, 0.3) is 0 Å². The van der Waals surface area contributed by atoms with E-state index in [4.69, 9.17) is 9.26 Å². The smallest absolute Gasteiger partial charge is 0.257 e. The molecule has 1 N–H and O–H groups in total. The minimum Gasteiger partial charge on any atom is -0.372 e. The van der Waals surface area contributed by atoms with Crippen LogP contribution in [0, 0.1) is 12.7 Å². The summed E-state index contributed by atoms with van der Waals surface area (Å²) in [6, 6.07) is 5.08. The first-order valence-corrected chi connectivity index (χ1v) is 9.31. The van der Waals surface area contributed by atoms with Gasteiger partial charge in [-0.1, -0.05) is 18.1 Å². The molecule has 3 rings (SSSR count). The van der Waals surface area contributed by atoms with E-state index in [2.05, 4.69) is 10.5 Å². The molecule has 7 heteroatoms. The summed E-state index contributed by atoms with van der Waals surface area (Å²) in [5.74, 6) is -0.0641. The van der Waals surface area contributed by atoms with E-state index in [0.717, 1.165) is 0 Å². The number of halogens is 1. The van der Waals surface area contributed by atoms with Crippen LogP contribution >= 0.6 is 0 Å². The van der Waals surface area contributed by atoms with Gasteiger partial charge in [-0.05, 0) is 44.9 Å². The number of hydrogen-bond donors (Lipinski definition) is 1. The lowest BCUT2D eigenvalue weighted by Gasteiger charge is -2.37. The molecule has 1 aromatic heterocycles. The zero-order valence-electron chi connectivity index (χ0n) is 16.2. The molecule has 0 bridgehead atoms. The van der Waals surface area contributed by atoms with Gasteiger partial charge in [-0.3, -0.25) is 4.79 Å². The quantitative estimate of drug-likeness (QED) is 0.869. The molecule has 1 amide bonds. The van der Waals surface area contributed by atoms with E-state index in [1.54, 1.807) is 13.0 Å². The maximum absolute atomic E-state index is 14.6. The molecule has 0 saturated carbocycles. The number of rotatable bonds is 5. The number of hydrogen-bond acceptors (Lipinski definition) is 5. The molecule has 1 saturated heterocycles. The van der Waals surface area contributed by atoms with Crippen molar-refractivity contribution in [2.45, 2.75) is 52.9 Å². The van der Waals surface area contributed by atoms with Crippen LogP contribution in [0.3, 0.4) is 0 Å². The molecule has 0 aliphatic carbocycles. The molecule has 27 heavy (non-hydrogen) atoms. The Kier molecular flexibility index (Phi) is 5.79. The lowest BCUT2D eigenvalue weighted by atomic mass is 10.1. The van der Waals surface area contributed by atoms with Gasteiger partial charge in [0.1, 0.15) is 17.1 Å². The Bertz CT molecular complexity index is 811. The standard InChI is InChI=1S/C20H26FN3O3/c1-5-17-19(14(4)27-23-17)20(25)22-9-15-6-7-18(16(21)8-15)24-10-12(2)26-13(3)11-24/h6-8,12-13H,5,9-11H2,1-4H3,(H,22,25)/t12-,13+. The Morgan fingerprint density at radius 3 is 2.67 bits per heavy atom. The summed E-state index contributed by atoms with van der Waals surface area (Å²) in [4.78, 5) is 14.4. The molecule has 0 unspecified atom stereocenters. The maximum Gasteiger partial charge on any atom is 0.257 e. The Labute approximate surface area is 158 Å². The Morgan fingerprint density at radius 1 is 1.33 bits per heavy atom. The number of nitrogens with one attached hydrogen (secondary N) is 1. The van der Waals surface area contributed by atoms with Crippen LogP contribution in [0.2, 0.25) is 0 Å². The third-order valence-electron chi connectivity index (χ3n) is 4.72. The maximum atomic E-state index is 14.6. The van der Waals surface area contributed by atoms with Crippen LogP contribution in [-0.2, 0) is 17.7 Å². The highest BCUT2D eigenvalue weighted by Gasteiger charge is 2.24. The number of nitrogens with zero attached hydrogens (tertiary/aromatic N) is 2. The average Bonchev–Trinajstić information content (AvgIpc) is 2.99. The molecule has 6 nitrogen and oxygen atoms in total. The zero-order chi connectivity index (χ0) is 19.6.